The third-order valence-electron chi connectivity index (χ3n) is 8.89. The molecule has 9 nitrogen and oxygen atoms in total. The molecule has 0 bridgehead atoms. The van der Waals surface area contributed by atoms with Crippen LogP contribution >= 0.6 is 11.6 Å². The van der Waals surface area contributed by atoms with Crippen LogP contribution in [0.3, 0.4) is 0 Å². The number of aliphatic hydroxyl groups is 1. The van der Waals surface area contributed by atoms with Gasteiger partial charge in [0.25, 0.3) is 11.8 Å². The van der Waals surface area contributed by atoms with Gasteiger partial charge in [-0.15, -0.1) is 0 Å². The van der Waals surface area contributed by atoms with Crippen LogP contribution in [0.2, 0.25) is 5.02 Å². The molecular formula is C31H34ClN5O4. The Labute approximate surface area is 244 Å². The smallest absolute Gasteiger partial charge is 0.263 e. The SMILES string of the molecule is Cc1nn(C)cc1CN1C(=O)c2cccc(N3CCC(C(=O)N4CCC(O)(c5ccc(Cl)cc5)CC4)CC3)c2C1=O. The first-order valence-electron chi connectivity index (χ1n) is 14.1. The number of likely N-dealkylation sites (tertiary alicyclic amines) is 1. The molecule has 4 heterocycles. The predicted octanol–water partition coefficient (Wildman–Crippen LogP) is 3.90. The number of amides is 3. The normalized spacial score (nSPS) is 19.2. The van der Waals surface area contributed by atoms with Crippen molar-refractivity contribution in [2.75, 3.05) is 31.1 Å². The highest BCUT2D eigenvalue weighted by Crippen LogP contribution is 2.37. The molecule has 2 aromatic carbocycles. The summed E-state index contributed by atoms with van der Waals surface area (Å²) in [6, 6.07) is 12.7. The molecule has 0 unspecified atom stereocenters. The molecule has 0 aliphatic carbocycles. The first-order valence-corrected chi connectivity index (χ1v) is 14.5. The highest BCUT2D eigenvalue weighted by Gasteiger charge is 2.41. The minimum Gasteiger partial charge on any atom is -0.385 e. The number of carbonyl (C=O) groups is 3. The third-order valence-corrected chi connectivity index (χ3v) is 9.14. The summed E-state index contributed by atoms with van der Waals surface area (Å²) in [6.07, 6.45) is 4.14. The Morgan fingerprint density at radius 2 is 1.71 bits per heavy atom. The summed E-state index contributed by atoms with van der Waals surface area (Å²) in [5, 5.41) is 16.2. The molecule has 3 aliphatic rings. The van der Waals surface area contributed by atoms with E-state index in [0.717, 1.165) is 22.5 Å². The lowest BCUT2D eigenvalue weighted by molar-refractivity contribution is -0.140. The van der Waals surface area contributed by atoms with Gasteiger partial charge < -0.3 is 14.9 Å². The van der Waals surface area contributed by atoms with Crippen LogP contribution in [-0.4, -0.2) is 68.6 Å². The van der Waals surface area contributed by atoms with Crippen LogP contribution in [0.5, 0.6) is 0 Å². The summed E-state index contributed by atoms with van der Waals surface area (Å²) in [4.78, 5) is 45.4. The maximum atomic E-state index is 13.5. The number of aromatic nitrogens is 2. The van der Waals surface area contributed by atoms with Crippen molar-refractivity contribution in [3.05, 3.63) is 81.6 Å². The van der Waals surface area contributed by atoms with Gasteiger partial charge in [0.05, 0.1) is 34.7 Å². The summed E-state index contributed by atoms with van der Waals surface area (Å²) in [5.41, 5.74) is 3.14. The van der Waals surface area contributed by atoms with Crippen LogP contribution in [0.25, 0.3) is 0 Å². The lowest BCUT2D eigenvalue weighted by Gasteiger charge is -2.41. The minimum atomic E-state index is -0.952. The van der Waals surface area contributed by atoms with Gasteiger partial charge in [0.15, 0.2) is 0 Å². The van der Waals surface area contributed by atoms with Crippen LogP contribution in [-0.2, 0) is 24.0 Å². The Hall–Kier alpha value is -3.69. The van der Waals surface area contributed by atoms with E-state index in [4.69, 9.17) is 11.6 Å². The van der Waals surface area contributed by atoms with Crippen LogP contribution in [0, 0.1) is 12.8 Å². The van der Waals surface area contributed by atoms with Gasteiger partial charge in [0.2, 0.25) is 5.91 Å². The Kier molecular flexibility index (Phi) is 7.11. The largest absolute Gasteiger partial charge is 0.385 e. The number of anilines is 1. The lowest BCUT2D eigenvalue weighted by Crippen LogP contribution is -2.49. The summed E-state index contributed by atoms with van der Waals surface area (Å²) in [6.45, 7) is 4.32. The quantitative estimate of drug-likeness (QED) is 0.463. The van der Waals surface area contributed by atoms with Crippen LogP contribution in [0.4, 0.5) is 5.69 Å². The van der Waals surface area contributed by atoms with Gasteiger partial charge in [-0.2, -0.15) is 5.10 Å². The highest BCUT2D eigenvalue weighted by molar-refractivity contribution is 6.30. The summed E-state index contributed by atoms with van der Waals surface area (Å²) in [7, 11) is 1.82. The van der Waals surface area contributed by atoms with Gasteiger partial charge in [0, 0.05) is 55.9 Å². The van der Waals surface area contributed by atoms with Crippen molar-refractivity contribution < 1.29 is 19.5 Å². The molecule has 0 spiro atoms. The van der Waals surface area contributed by atoms with E-state index in [9.17, 15) is 19.5 Å². The fraction of sp³-hybridized carbons (Fsp3) is 0.419. The standard InChI is InChI=1S/C31H34ClN5O4/c1-20-22(18-34(2)33-20)19-37-29(39)25-4-3-5-26(27(25)30(37)40)35-14-10-21(11-15-35)28(38)36-16-12-31(41,13-17-36)23-6-8-24(32)9-7-23/h3-9,18,21,41H,10-17,19H2,1-2H3. The van der Waals surface area contributed by atoms with Crippen molar-refractivity contribution in [3.63, 3.8) is 0 Å². The molecule has 3 aliphatic heterocycles. The fourth-order valence-electron chi connectivity index (χ4n) is 6.47. The molecule has 2 saturated heterocycles. The molecule has 10 heteroatoms. The number of benzene rings is 2. The van der Waals surface area contributed by atoms with E-state index in [2.05, 4.69) is 10.00 Å². The highest BCUT2D eigenvalue weighted by atomic mass is 35.5. The average molecular weight is 576 g/mol. The topological polar surface area (TPSA) is 99.0 Å². The third kappa shape index (κ3) is 5.02. The minimum absolute atomic E-state index is 0.105. The summed E-state index contributed by atoms with van der Waals surface area (Å²) in [5.74, 6) is -0.551. The van der Waals surface area contributed by atoms with Gasteiger partial charge in [-0.1, -0.05) is 29.8 Å². The van der Waals surface area contributed by atoms with Crippen molar-refractivity contribution in [1.82, 2.24) is 19.6 Å². The van der Waals surface area contributed by atoms with Crippen LogP contribution in [0.1, 0.15) is 63.2 Å². The number of hydrogen-bond acceptors (Lipinski definition) is 6. The zero-order chi connectivity index (χ0) is 28.9. The Bertz CT molecular complexity index is 1500. The molecule has 6 rings (SSSR count). The molecule has 0 atom stereocenters. The fourth-order valence-corrected chi connectivity index (χ4v) is 6.59. The van der Waals surface area contributed by atoms with Gasteiger partial charge in [-0.05, 0) is 62.4 Å². The first kappa shape index (κ1) is 27.5. The molecule has 1 aromatic heterocycles. The number of piperidine rings is 2. The molecular weight excluding hydrogens is 542 g/mol. The van der Waals surface area contributed by atoms with Crippen LogP contribution < -0.4 is 4.90 Å². The molecule has 214 valence electrons. The lowest BCUT2D eigenvalue weighted by atomic mass is 9.83. The maximum Gasteiger partial charge on any atom is 0.263 e. The molecule has 3 amide bonds. The van der Waals surface area contributed by atoms with E-state index in [1.807, 2.05) is 49.3 Å². The van der Waals surface area contributed by atoms with E-state index in [0.29, 0.717) is 68.0 Å². The summed E-state index contributed by atoms with van der Waals surface area (Å²) >= 11 is 6.00. The second kappa shape index (κ2) is 10.6. The number of fused-ring (bicyclic) bond motifs is 1. The van der Waals surface area contributed by atoms with Crippen molar-refractivity contribution in [2.45, 2.75) is 44.8 Å². The monoisotopic (exact) mass is 575 g/mol. The first-order chi connectivity index (χ1) is 19.6. The van der Waals surface area contributed by atoms with Gasteiger partial charge in [0.1, 0.15) is 0 Å². The van der Waals surface area contributed by atoms with Gasteiger partial charge in [-0.25, -0.2) is 0 Å². The average Bonchev–Trinajstić information content (AvgIpc) is 3.43. The second-order valence-corrected chi connectivity index (χ2v) is 11.9. The number of rotatable bonds is 5. The number of nitrogens with zero attached hydrogens (tertiary/aromatic N) is 5. The molecule has 3 aromatic rings. The number of hydrogen-bond donors (Lipinski definition) is 1. The van der Waals surface area contributed by atoms with Crippen molar-refractivity contribution in [1.29, 1.82) is 0 Å². The van der Waals surface area contributed by atoms with Gasteiger partial charge >= 0.3 is 0 Å². The zero-order valence-electron chi connectivity index (χ0n) is 23.3. The Balaban J connectivity index is 1.09. The number of carbonyl (C=O) groups excluding carboxylic acids is 3. The Morgan fingerprint density at radius 1 is 1.02 bits per heavy atom. The van der Waals surface area contributed by atoms with E-state index in [1.54, 1.807) is 22.9 Å². The Morgan fingerprint density at radius 3 is 2.34 bits per heavy atom. The van der Waals surface area contributed by atoms with E-state index >= 15 is 0 Å². The zero-order valence-corrected chi connectivity index (χ0v) is 24.1. The number of aryl methyl sites for hydroxylation is 2. The van der Waals surface area contributed by atoms with Crippen molar-refractivity contribution in [2.24, 2.45) is 13.0 Å². The molecule has 41 heavy (non-hydrogen) atoms. The van der Waals surface area contributed by atoms with E-state index in [1.165, 1.54) is 4.90 Å². The van der Waals surface area contributed by atoms with Crippen LogP contribution in [0.15, 0.2) is 48.7 Å². The van der Waals surface area contributed by atoms with Gasteiger partial charge in [-0.3, -0.25) is 24.0 Å². The predicted molar refractivity (Wildman–Crippen MR) is 155 cm³/mol. The number of imide groups is 1. The maximum absolute atomic E-state index is 13.5. The van der Waals surface area contributed by atoms with Crippen molar-refractivity contribution >= 4 is 35.0 Å². The van der Waals surface area contributed by atoms with E-state index < -0.39 is 5.60 Å². The molecule has 0 radical (unpaired) electrons. The molecule has 2 fully saturated rings. The molecule has 1 N–H and O–H groups in total. The number of halogens is 1. The van der Waals surface area contributed by atoms with Crippen molar-refractivity contribution in [3.8, 4) is 0 Å². The van der Waals surface area contributed by atoms with E-state index in [-0.39, 0.29) is 30.2 Å². The molecule has 0 saturated carbocycles. The summed E-state index contributed by atoms with van der Waals surface area (Å²) < 4.78 is 1.68. The second-order valence-electron chi connectivity index (χ2n) is 11.4.